The van der Waals surface area contributed by atoms with Crippen molar-refractivity contribution >= 4 is 5.91 Å². The van der Waals surface area contributed by atoms with Crippen molar-refractivity contribution < 1.29 is 28.2 Å². The number of rotatable bonds is 4. The Balaban J connectivity index is 2.45. The predicted molar refractivity (Wildman–Crippen MR) is 76.1 cm³/mol. The van der Waals surface area contributed by atoms with E-state index in [1.165, 1.54) is 12.1 Å². The van der Waals surface area contributed by atoms with Crippen LogP contribution in [-0.4, -0.2) is 22.3 Å². The van der Waals surface area contributed by atoms with Gasteiger partial charge in [-0.05, 0) is 16.7 Å². The molecule has 0 aromatic heterocycles. The van der Waals surface area contributed by atoms with E-state index in [0.29, 0.717) is 0 Å². The molecular formula is C16H14F3NO3. The van der Waals surface area contributed by atoms with Crippen molar-refractivity contribution in [2.75, 3.05) is 0 Å². The van der Waals surface area contributed by atoms with Crippen molar-refractivity contribution in [3.63, 3.8) is 0 Å². The van der Waals surface area contributed by atoms with Gasteiger partial charge >= 0.3 is 6.18 Å². The molecule has 2 atom stereocenters. The average Bonchev–Trinajstić information content (AvgIpc) is 2.53. The zero-order valence-corrected chi connectivity index (χ0v) is 11.8. The van der Waals surface area contributed by atoms with E-state index in [1.54, 1.807) is 18.2 Å². The van der Waals surface area contributed by atoms with Crippen LogP contribution in [0.5, 0.6) is 0 Å². The van der Waals surface area contributed by atoms with E-state index in [1.807, 2.05) is 0 Å². The number of aliphatic hydroxyl groups is 2. The second-order valence-electron chi connectivity index (χ2n) is 5.01. The molecule has 2 aromatic rings. The molecular weight excluding hydrogens is 311 g/mol. The van der Waals surface area contributed by atoms with Crippen LogP contribution in [0.25, 0.3) is 0 Å². The summed E-state index contributed by atoms with van der Waals surface area (Å²) in [6, 6.07) is 12.0. The highest BCUT2D eigenvalue weighted by atomic mass is 19.4. The Bertz CT molecular complexity index is 686. The van der Waals surface area contributed by atoms with Gasteiger partial charge in [-0.1, -0.05) is 54.6 Å². The SMILES string of the molecule is NC(=O)C(O)(c1ccccc1)c1ccc(C(O)C(F)(F)F)cc1. The molecule has 2 unspecified atom stereocenters. The summed E-state index contributed by atoms with van der Waals surface area (Å²) >= 11 is 0. The van der Waals surface area contributed by atoms with Gasteiger partial charge in [-0.2, -0.15) is 13.2 Å². The van der Waals surface area contributed by atoms with Gasteiger partial charge in [0.15, 0.2) is 11.7 Å². The minimum absolute atomic E-state index is 0.00863. The summed E-state index contributed by atoms with van der Waals surface area (Å²) in [5.74, 6) is -1.06. The maximum absolute atomic E-state index is 12.5. The van der Waals surface area contributed by atoms with Gasteiger partial charge in [-0.3, -0.25) is 4.79 Å². The van der Waals surface area contributed by atoms with E-state index < -0.39 is 29.4 Å². The fraction of sp³-hybridized carbons (Fsp3) is 0.188. The van der Waals surface area contributed by atoms with Crippen LogP contribution in [0.15, 0.2) is 54.6 Å². The molecule has 4 nitrogen and oxygen atoms in total. The molecule has 0 saturated heterocycles. The van der Waals surface area contributed by atoms with Crippen LogP contribution in [0.3, 0.4) is 0 Å². The van der Waals surface area contributed by atoms with Crippen LogP contribution in [-0.2, 0) is 10.4 Å². The van der Waals surface area contributed by atoms with Crippen LogP contribution >= 0.6 is 0 Å². The Kier molecular flexibility index (Phi) is 4.44. The summed E-state index contributed by atoms with van der Waals surface area (Å²) in [6.45, 7) is 0. The van der Waals surface area contributed by atoms with Crippen LogP contribution in [0.1, 0.15) is 22.8 Å². The number of hydrogen-bond donors (Lipinski definition) is 3. The highest BCUT2D eigenvalue weighted by Crippen LogP contribution is 2.34. The number of carbonyl (C=O) groups excluding carboxylic acids is 1. The summed E-state index contributed by atoms with van der Waals surface area (Å²) in [7, 11) is 0. The monoisotopic (exact) mass is 325 g/mol. The van der Waals surface area contributed by atoms with E-state index in [0.717, 1.165) is 24.3 Å². The lowest BCUT2D eigenvalue weighted by Crippen LogP contribution is -2.42. The van der Waals surface area contributed by atoms with E-state index in [4.69, 9.17) is 5.73 Å². The number of carbonyl (C=O) groups is 1. The van der Waals surface area contributed by atoms with Crippen molar-refractivity contribution in [1.82, 2.24) is 0 Å². The fourth-order valence-corrected chi connectivity index (χ4v) is 2.23. The number of primary amides is 1. The number of hydrogen-bond acceptors (Lipinski definition) is 3. The van der Waals surface area contributed by atoms with E-state index in [9.17, 15) is 28.2 Å². The van der Waals surface area contributed by atoms with Gasteiger partial charge in [0.25, 0.3) is 5.91 Å². The molecule has 0 heterocycles. The minimum atomic E-state index is -4.80. The van der Waals surface area contributed by atoms with Gasteiger partial charge in [0.1, 0.15) is 0 Å². The smallest absolute Gasteiger partial charge is 0.379 e. The molecule has 0 aliphatic rings. The normalized spacial score (nSPS) is 15.7. The third kappa shape index (κ3) is 3.20. The fourth-order valence-electron chi connectivity index (χ4n) is 2.23. The lowest BCUT2D eigenvalue weighted by molar-refractivity contribution is -0.206. The second kappa shape index (κ2) is 6.02. The first-order chi connectivity index (χ1) is 10.7. The molecule has 2 rings (SSSR count). The Morgan fingerprint density at radius 1 is 0.957 bits per heavy atom. The maximum atomic E-state index is 12.5. The molecule has 0 radical (unpaired) electrons. The average molecular weight is 325 g/mol. The standard InChI is InChI=1S/C16H14F3NO3/c17-16(18,19)13(21)10-6-8-12(9-7-10)15(23,14(20)22)11-4-2-1-3-5-11/h1-9,13,21,23H,(H2,20,22). The number of benzene rings is 2. The zero-order chi connectivity index (χ0) is 17.3. The molecule has 4 N–H and O–H groups in total. The van der Waals surface area contributed by atoms with E-state index in [-0.39, 0.29) is 11.1 Å². The summed E-state index contributed by atoms with van der Waals surface area (Å²) in [5.41, 5.74) is 2.90. The van der Waals surface area contributed by atoms with Crippen molar-refractivity contribution in [3.05, 3.63) is 71.3 Å². The molecule has 0 spiro atoms. The predicted octanol–water partition coefficient (Wildman–Crippen LogP) is 2.00. The molecule has 0 aliphatic carbocycles. The lowest BCUT2D eigenvalue weighted by atomic mass is 9.85. The van der Waals surface area contributed by atoms with Crippen LogP contribution in [0.4, 0.5) is 13.2 Å². The lowest BCUT2D eigenvalue weighted by Gasteiger charge is -2.26. The molecule has 122 valence electrons. The number of amides is 1. The quantitative estimate of drug-likeness (QED) is 0.804. The Hall–Kier alpha value is -2.38. The van der Waals surface area contributed by atoms with Gasteiger partial charge < -0.3 is 15.9 Å². The van der Waals surface area contributed by atoms with Gasteiger partial charge in [0, 0.05) is 0 Å². The Labute approximate surface area is 130 Å². The van der Waals surface area contributed by atoms with Crippen molar-refractivity contribution in [2.24, 2.45) is 5.73 Å². The van der Waals surface area contributed by atoms with Gasteiger partial charge in [-0.15, -0.1) is 0 Å². The Morgan fingerprint density at radius 2 is 1.43 bits per heavy atom. The van der Waals surface area contributed by atoms with Crippen LogP contribution < -0.4 is 5.73 Å². The minimum Gasteiger partial charge on any atom is -0.379 e. The first-order valence-electron chi connectivity index (χ1n) is 6.60. The largest absolute Gasteiger partial charge is 0.418 e. The first-order valence-corrected chi connectivity index (χ1v) is 6.60. The van der Waals surface area contributed by atoms with Gasteiger partial charge in [-0.25, -0.2) is 0 Å². The summed E-state index contributed by atoms with van der Waals surface area (Å²) < 4.78 is 37.5. The van der Waals surface area contributed by atoms with Crippen molar-refractivity contribution in [2.45, 2.75) is 17.9 Å². The van der Waals surface area contributed by atoms with Crippen LogP contribution in [0, 0.1) is 0 Å². The zero-order valence-electron chi connectivity index (χ0n) is 11.8. The molecule has 0 aliphatic heterocycles. The summed E-state index contributed by atoms with van der Waals surface area (Å²) in [4.78, 5) is 11.7. The topological polar surface area (TPSA) is 83.6 Å². The molecule has 0 fully saturated rings. The third-order valence-corrected chi connectivity index (χ3v) is 3.50. The van der Waals surface area contributed by atoms with Crippen LogP contribution in [0.2, 0.25) is 0 Å². The van der Waals surface area contributed by atoms with E-state index in [2.05, 4.69) is 0 Å². The third-order valence-electron chi connectivity index (χ3n) is 3.50. The van der Waals surface area contributed by atoms with Crippen molar-refractivity contribution in [3.8, 4) is 0 Å². The van der Waals surface area contributed by atoms with Gasteiger partial charge in [0.2, 0.25) is 0 Å². The molecule has 23 heavy (non-hydrogen) atoms. The summed E-state index contributed by atoms with van der Waals surface area (Å²) in [5, 5.41) is 19.9. The maximum Gasteiger partial charge on any atom is 0.418 e. The number of aliphatic hydroxyl groups excluding tert-OH is 1. The summed E-state index contributed by atoms with van der Waals surface area (Å²) in [6.07, 6.45) is -7.45. The van der Waals surface area contributed by atoms with Crippen molar-refractivity contribution in [1.29, 1.82) is 0 Å². The molecule has 0 saturated carbocycles. The second-order valence-corrected chi connectivity index (χ2v) is 5.01. The highest BCUT2D eigenvalue weighted by Gasteiger charge is 2.41. The first kappa shape index (κ1) is 17.0. The molecule has 0 bridgehead atoms. The van der Waals surface area contributed by atoms with Gasteiger partial charge in [0.05, 0.1) is 0 Å². The molecule has 1 amide bonds. The molecule has 7 heteroatoms. The number of alkyl halides is 3. The number of nitrogens with two attached hydrogens (primary N) is 1. The van der Waals surface area contributed by atoms with E-state index >= 15 is 0 Å². The Morgan fingerprint density at radius 3 is 1.87 bits per heavy atom. The molecule has 2 aromatic carbocycles. The number of halogens is 3. The highest BCUT2D eigenvalue weighted by molar-refractivity contribution is 5.88.